The van der Waals surface area contributed by atoms with Crippen LogP contribution >= 0.6 is 11.6 Å². The molecule has 0 aliphatic heterocycles. The van der Waals surface area contributed by atoms with E-state index in [1.807, 2.05) is 13.0 Å². The highest BCUT2D eigenvalue weighted by atomic mass is 35.5. The Morgan fingerprint density at radius 1 is 1.00 bits per heavy atom. The number of benzene rings is 1. The topological polar surface area (TPSA) is 143 Å². The second-order valence-electron chi connectivity index (χ2n) is 8.21. The Hall–Kier alpha value is -3.81. The van der Waals surface area contributed by atoms with E-state index in [1.165, 1.54) is 45.2 Å². The van der Waals surface area contributed by atoms with E-state index in [0.717, 1.165) is 5.56 Å². The summed E-state index contributed by atoms with van der Waals surface area (Å²) in [5.74, 6) is 1.20. The number of aryl methyl sites for hydroxylation is 1. The fraction of sp³-hybridized carbons (Fsp3) is 0.292. The van der Waals surface area contributed by atoms with Crippen molar-refractivity contribution in [2.24, 2.45) is 0 Å². The van der Waals surface area contributed by atoms with Crippen LogP contribution in [0.1, 0.15) is 24.4 Å². The van der Waals surface area contributed by atoms with Crippen molar-refractivity contribution in [3.8, 4) is 28.6 Å². The van der Waals surface area contributed by atoms with Crippen LogP contribution in [0.5, 0.6) is 11.5 Å². The number of aromatic nitrogens is 6. The lowest BCUT2D eigenvalue weighted by atomic mass is 10.2. The zero-order chi connectivity index (χ0) is 27.4. The largest absolute Gasteiger partial charge is 0.494 e. The van der Waals surface area contributed by atoms with Crippen molar-refractivity contribution in [3.05, 3.63) is 65.5 Å². The second-order valence-corrected chi connectivity index (χ2v) is 10.7. The number of hydrogen-bond acceptors (Lipinski definition) is 10. The normalized spacial score (nSPS) is 13.1. The molecule has 0 saturated heterocycles. The summed E-state index contributed by atoms with van der Waals surface area (Å²) in [4.78, 5) is 12.5. The van der Waals surface area contributed by atoms with Crippen LogP contribution in [0.2, 0.25) is 5.02 Å². The minimum atomic E-state index is -4.14. The zero-order valence-corrected chi connectivity index (χ0v) is 22.9. The first-order valence-electron chi connectivity index (χ1n) is 11.3. The summed E-state index contributed by atoms with van der Waals surface area (Å²) in [6.45, 7) is 3.36. The molecule has 3 aromatic heterocycles. The van der Waals surface area contributed by atoms with Crippen LogP contribution in [0.3, 0.4) is 0 Å². The van der Waals surface area contributed by atoms with Gasteiger partial charge in [-0.1, -0.05) is 17.7 Å². The SMILES string of the molecule is COc1cccc(OC)c1-n1c(NS(=O)(=O)C(C)C(OC)c2ncc(Cl)cn2)nnc1-c1cncc(C)c1. The molecule has 3 heterocycles. The molecule has 38 heavy (non-hydrogen) atoms. The average Bonchev–Trinajstić information content (AvgIpc) is 3.31. The predicted octanol–water partition coefficient (Wildman–Crippen LogP) is 3.62. The van der Waals surface area contributed by atoms with E-state index < -0.39 is 21.4 Å². The zero-order valence-electron chi connectivity index (χ0n) is 21.3. The summed E-state index contributed by atoms with van der Waals surface area (Å²) in [6.07, 6.45) is 5.05. The average molecular weight is 560 g/mol. The summed E-state index contributed by atoms with van der Waals surface area (Å²) < 4.78 is 47.9. The van der Waals surface area contributed by atoms with E-state index in [1.54, 1.807) is 30.6 Å². The third-order valence-corrected chi connectivity index (χ3v) is 7.61. The summed E-state index contributed by atoms with van der Waals surface area (Å²) in [6, 6.07) is 7.04. The van der Waals surface area contributed by atoms with E-state index in [2.05, 4.69) is 29.9 Å². The van der Waals surface area contributed by atoms with Crippen LogP contribution in [0.15, 0.2) is 49.1 Å². The number of nitrogens with zero attached hydrogens (tertiary/aromatic N) is 6. The Balaban J connectivity index is 1.84. The maximum atomic E-state index is 13.6. The molecule has 1 N–H and O–H groups in total. The van der Waals surface area contributed by atoms with E-state index >= 15 is 0 Å². The van der Waals surface area contributed by atoms with Crippen LogP contribution in [-0.4, -0.2) is 64.7 Å². The quantitative estimate of drug-likeness (QED) is 0.306. The maximum absolute atomic E-state index is 13.6. The highest BCUT2D eigenvalue weighted by molar-refractivity contribution is 7.93. The molecule has 0 aliphatic rings. The minimum absolute atomic E-state index is 0.0944. The summed E-state index contributed by atoms with van der Waals surface area (Å²) >= 11 is 5.88. The van der Waals surface area contributed by atoms with Crippen molar-refractivity contribution in [3.63, 3.8) is 0 Å². The van der Waals surface area contributed by atoms with Crippen LogP contribution in [0, 0.1) is 6.92 Å². The lowest BCUT2D eigenvalue weighted by Gasteiger charge is -2.22. The molecule has 0 bridgehead atoms. The highest BCUT2D eigenvalue weighted by Gasteiger charge is 2.35. The van der Waals surface area contributed by atoms with E-state index in [4.69, 9.17) is 25.8 Å². The van der Waals surface area contributed by atoms with Crippen LogP contribution in [0.4, 0.5) is 5.95 Å². The Kier molecular flexibility index (Phi) is 8.09. The van der Waals surface area contributed by atoms with Gasteiger partial charge < -0.3 is 14.2 Å². The van der Waals surface area contributed by atoms with Crippen molar-refractivity contribution in [2.45, 2.75) is 25.2 Å². The third kappa shape index (κ3) is 5.39. The van der Waals surface area contributed by atoms with Gasteiger partial charge in [0.05, 0.1) is 19.2 Å². The highest BCUT2D eigenvalue weighted by Crippen LogP contribution is 2.38. The Morgan fingerprint density at radius 3 is 2.24 bits per heavy atom. The summed E-state index contributed by atoms with van der Waals surface area (Å²) in [5, 5.41) is 7.65. The van der Waals surface area contributed by atoms with Gasteiger partial charge in [-0.15, -0.1) is 10.2 Å². The van der Waals surface area contributed by atoms with Gasteiger partial charge in [-0.05, 0) is 37.6 Å². The van der Waals surface area contributed by atoms with Gasteiger partial charge in [0.1, 0.15) is 28.5 Å². The van der Waals surface area contributed by atoms with Gasteiger partial charge in [0.2, 0.25) is 16.0 Å². The molecule has 0 saturated carbocycles. The number of nitrogens with one attached hydrogen (secondary N) is 1. The first-order chi connectivity index (χ1) is 18.2. The minimum Gasteiger partial charge on any atom is -0.494 e. The van der Waals surface area contributed by atoms with Crippen LogP contribution in [-0.2, 0) is 14.8 Å². The standard InChI is InChI=1S/C24H26ClN7O5S/c1-14-9-16(11-26-10-14)23-29-30-24(32(23)20-18(35-3)7-6-8-19(20)36-4)31-38(33,34)15(2)21(37-5)22-27-12-17(25)13-28-22/h6-13,15,21H,1-5H3,(H,30,31). The van der Waals surface area contributed by atoms with Gasteiger partial charge in [-0.3, -0.25) is 14.3 Å². The molecule has 12 nitrogen and oxygen atoms in total. The molecule has 0 fully saturated rings. The van der Waals surface area contributed by atoms with Crippen molar-refractivity contribution in [2.75, 3.05) is 26.1 Å². The second kappa shape index (κ2) is 11.3. The molecule has 4 rings (SSSR count). The fourth-order valence-corrected chi connectivity index (χ4v) is 5.07. The fourth-order valence-electron chi connectivity index (χ4n) is 3.84. The Bertz CT molecular complexity index is 1510. The summed E-state index contributed by atoms with van der Waals surface area (Å²) in [7, 11) is 0.232. The van der Waals surface area contributed by atoms with Crippen molar-refractivity contribution >= 4 is 27.6 Å². The molecular weight excluding hydrogens is 534 g/mol. The Morgan fingerprint density at radius 2 is 1.66 bits per heavy atom. The number of rotatable bonds is 10. The van der Waals surface area contributed by atoms with Gasteiger partial charge in [-0.25, -0.2) is 18.4 Å². The van der Waals surface area contributed by atoms with Gasteiger partial charge in [0, 0.05) is 37.5 Å². The van der Waals surface area contributed by atoms with Crippen molar-refractivity contribution in [1.29, 1.82) is 0 Å². The number of ether oxygens (including phenoxy) is 3. The molecule has 2 unspecified atom stereocenters. The number of anilines is 1. The molecule has 14 heteroatoms. The molecular formula is C24H26ClN7O5S. The van der Waals surface area contributed by atoms with Gasteiger partial charge >= 0.3 is 0 Å². The van der Waals surface area contributed by atoms with E-state index in [-0.39, 0.29) is 11.8 Å². The van der Waals surface area contributed by atoms with Gasteiger partial charge in [-0.2, -0.15) is 0 Å². The molecule has 2 atom stereocenters. The molecule has 1 aromatic carbocycles. The van der Waals surface area contributed by atoms with Crippen LogP contribution < -0.4 is 14.2 Å². The number of para-hydroxylation sites is 1. The molecule has 0 spiro atoms. The monoisotopic (exact) mass is 559 g/mol. The van der Waals surface area contributed by atoms with E-state index in [0.29, 0.717) is 33.6 Å². The first-order valence-corrected chi connectivity index (χ1v) is 13.2. The molecule has 0 amide bonds. The van der Waals surface area contributed by atoms with E-state index in [9.17, 15) is 8.42 Å². The number of methoxy groups -OCH3 is 3. The molecule has 4 aromatic rings. The van der Waals surface area contributed by atoms with Gasteiger partial charge in [0.25, 0.3) is 0 Å². The lowest BCUT2D eigenvalue weighted by molar-refractivity contribution is 0.0950. The van der Waals surface area contributed by atoms with Gasteiger partial charge in [0.15, 0.2) is 11.6 Å². The Labute approximate surface area is 225 Å². The maximum Gasteiger partial charge on any atom is 0.243 e. The number of halogens is 1. The van der Waals surface area contributed by atoms with Crippen molar-refractivity contribution in [1.82, 2.24) is 29.7 Å². The first kappa shape index (κ1) is 27.2. The molecule has 0 radical (unpaired) electrons. The molecule has 200 valence electrons. The van der Waals surface area contributed by atoms with Crippen molar-refractivity contribution < 1.29 is 22.6 Å². The summed E-state index contributed by atoms with van der Waals surface area (Å²) in [5.41, 5.74) is 1.88. The number of sulfonamides is 1. The van der Waals surface area contributed by atoms with Crippen LogP contribution in [0.25, 0.3) is 17.1 Å². The molecule has 0 aliphatic carbocycles. The lowest BCUT2D eigenvalue weighted by Crippen LogP contribution is -2.33. The smallest absolute Gasteiger partial charge is 0.243 e. The number of pyridine rings is 1. The third-order valence-electron chi connectivity index (χ3n) is 5.72. The predicted molar refractivity (Wildman–Crippen MR) is 141 cm³/mol. The number of hydrogen-bond donors (Lipinski definition) is 1.